The summed E-state index contributed by atoms with van der Waals surface area (Å²) in [6.07, 6.45) is 0.404. The van der Waals surface area contributed by atoms with Crippen molar-refractivity contribution >= 4 is 40.2 Å². The first kappa shape index (κ1) is 19.6. The molecule has 1 fully saturated rings. The van der Waals surface area contributed by atoms with Crippen molar-refractivity contribution in [3.8, 4) is 11.5 Å². The van der Waals surface area contributed by atoms with Gasteiger partial charge in [0.05, 0.1) is 24.2 Å². The molecule has 27 heavy (non-hydrogen) atoms. The fraction of sp³-hybridized carbons (Fsp3) is 0.300. The van der Waals surface area contributed by atoms with Crippen LogP contribution in [0.3, 0.4) is 0 Å². The van der Waals surface area contributed by atoms with Gasteiger partial charge in [0.1, 0.15) is 11.5 Å². The number of halogens is 1. The van der Waals surface area contributed by atoms with Gasteiger partial charge in [-0.15, -0.1) is 0 Å². The number of carbonyl (C=O) groups excluding carboxylic acids is 2. The van der Waals surface area contributed by atoms with Crippen LogP contribution in [0.5, 0.6) is 11.5 Å². The average Bonchev–Trinajstić information content (AvgIpc) is 2.92. The van der Waals surface area contributed by atoms with Gasteiger partial charge in [0, 0.05) is 11.1 Å². The van der Waals surface area contributed by atoms with Crippen molar-refractivity contribution in [2.75, 3.05) is 18.1 Å². The summed E-state index contributed by atoms with van der Waals surface area (Å²) >= 11 is 6.93. The molecule has 0 aliphatic carbocycles. The number of hydrogen-bond acceptors (Lipinski definition) is 5. The molecule has 142 valence electrons. The molecule has 1 atom stereocenters. The number of thioether (sulfide) groups is 1. The number of imide groups is 1. The third-order valence-corrected chi connectivity index (χ3v) is 5.35. The summed E-state index contributed by atoms with van der Waals surface area (Å²) in [5, 5.41) is -0.223. The Balaban J connectivity index is 1.81. The Hall–Kier alpha value is -2.18. The molecule has 0 N–H and O–H groups in total. The van der Waals surface area contributed by atoms with Crippen LogP contribution in [0.1, 0.15) is 19.4 Å². The minimum atomic E-state index is -0.495. The van der Waals surface area contributed by atoms with Crippen LogP contribution in [0.25, 0.3) is 0 Å². The number of nitrogens with zero attached hydrogens (tertiary/aromatic N) is 1. The maximum absolute atomic E-state index is 12.8. The van der Waals surface area contributed by atoms with Crippen LogP contribution in [0.2, 0.25) is 5.02 Å². The van der Waals surface area contributed by atoms with Crippen molar-refractivity contribution in [3.63, 3.8) is 0 Å². The number of anilines is 1. The Labute approximate surface area is 167 Å². The highest BCUT2D eigenvalue weighted by Gasteiger charge is 2.40. The highest BCUT2D eigenvalue weighted by Crippen LogP contribution is 2.36. The second-order valence-corrected chi connectivity index (χ2v) is 7.45. The number of amides is 2. The molecule has 0 aromatic heterocycles. The lowest BCUT2D eigenvalue weighted by Gasteiger charge is -2.16. The average molecular weight is 406 g/mol. The van der Waals surface area contributed by atoms with E-state index in [1.165, 1.54) is 4.90 Å². The van der Waals surface area contributed by atoms with Crippen LogP contribution in [0.4, 0.5) is 10.5 Å². The van der Waals surface area contributed by atoms with Gasteiger partial charge < -0.3 is 9.47 Å². The maximum Gasteiger partial charge on any atom is 0.293 e. The number of carbonyl (C=O) groups is 2. The third kappa shape index (κ3) is 4.39. The summed E-state index contributed by atoms with van der Waals surface area (Å²) in [6, 6.07) is 12.2. The van der Waals surface area contributed by atoms with Gasteiger partial charge in [0.25, 0.3) is 5.24 Å². The van der Waals surface area contributed by atoms with Gasteiger partial charge in [-0.1, -0.05) is 29.4 Å². The van der Waals surface area contributed by atoms with E-state index in [0.717, 1.165) is 17.3 Å². The Morgan fingerprint density at radius 2 is 1.74 bits per heavy atom. The van der Waals surface area contributed by atoms with Crippen molar-refractivity contribution in [3.05, 3.63) is 53.1 Å². The quantitative estimate of drug-likeness (QED) is 0.652. The molecule has 0 unspecified atom stereocenters. The molecule has 1 aliphatic heterocycles. The van der Waals surface area contributed by atoms with E-state index >= 15 is 0 Å². The molecule has 7 heteroatoms. The summed E-state index contributed by atoms with van der Waals surface area (Å²) in [6.45, 7) is 4.88. The van der Waals surface area contributed by atoms with Crippen LogP contribution in [-0.4, -0.2) is 29.6 Å². The van der Waals surface area contributed by atoms with E-state index in [0.29, 0.717) is 41.8 Å². The molecule has 1 aliphatic rings. The van der Waals surface area contributed by atoms with E-state index < -0.39 is 5.25 Å². The van der Waals surface area contributed by atoms with Gasteiger partial charge in [-0.3, -0.25) is 9.59 Å². The van der Waals surface area contributed by atoms with Crippen LogP contribution in [0, 0.1) is 0 Å². The van der Waals surface area contributed by atoms with Gasteiger partial charge >= 0.3 is 0 Å². The highest BCUT2D eigenvalue weighted by molar-refractivity contribution is 8.15. The first-order chi connectivity index (χ1) is 13.0. The third-order valence-electron chi connectivity index (χ3n) is 4.06. The summed E-state index contributed by atoms with van der Waals surface area (Å²) < 4.78 is 11.2. The predicted molar refractivity (Wildman–Crippen MR) is 108 cm³/mol. The topological polar surface area (TPSA) is 55.8 Å². The Morgan fingerprint density at radius 3 is 2.41 bits per heavy atom. The Bertz CT molecular complexity index is 840. The summed E-state index contributed by atoms with van der Waals surface area (Å²) in [5.41, 5.74) is 1.40. The van der Waals surface area contributed by atoms with Gasteiger partial charge in [-0.25, -0.2) is 4.90 Å². The van der Waals surface area contributed by atoms with E-state index in [2.05, 4.69) is 0 Å². The summed E-state index contributed by atoms with van der Waals surface area (Å²) in [4.78, 5) is 26.4. The van der Waals surface area contributed by atoms with E-state index in [9.17, 15) is 9.59 Å². The fourth-order valence-electron chi connectivity index (χ4n) is 2.86. The zero-order chi connectivity index (χ0) is 19.4. The molecule has 1 heterocycles. The van der Waals surface area contributed by atoms with Gasteiger partial charge in [0.2, 0.25) is 5.91 Å². The van der Waals surface area contributed by atoms with Crippen molar-refractivity contribution in [2.24, 2.45) is 0 Å². The zero-order valence-electron chi connectivity index (χ0n) is 15.1. The Kier molecular flexibility index (Phi) is 6.29. The second-order valence-electron chi connectivity index (χ2n) is 5.86. The molecule has 5 nitrogen and oxygen atoms in total. The standard InChI is InChI=1S/C20H20ClNO4S/c1-3-25-16-10-5-13(17(12-16)26-4-2)11-18-19(23)22(20(24)27-18)15-8-6-14(21)7-9-15/h5-10,12,18H,3-4,11H2,1-2H3/t18-/m0/s1. The molecule has 0 bridgehead atoms. The lowest BCUT2D eigenvalue weighted by molar-refractivity contribution is -0.117. The van der Waals surface area contributed by atoms with Crippen LogP contribution < -0.4 is 14.4 Å². The number of ether oxygens (including phenoxy) is 2. The van der Waals surface area contributed by atoms with Crippen molar-refractivity contribution in [2.45, 2.75) is 25.5 Å². The van der Waals surface area contributed by atoms with Gasteiger partial charge in [-0.2, -0.15) is 0 Å². The number of benzene rings is 2. The van der Waals surface area contributed by atoms with Gasteiger partial charge in [0.15, 0.2) is 0 Å². The van der Waals surface area contributed by atoms with E-state index in [1.807, 2.05) is 32.0 Å². The fourth-order valence-corrected chi connectivity index (χ4v) is 4.00. The highest BCUT2D eigenvalue weighted by atomic mass is 35.5. The molecule has 0 radical (unpaired) electrons. The molecular formula is C20H20ClNO4S. The minimum Gasteiger partial charge on any atom is -0.494 e. The lowest BCUT2D eigenvalue weighted by atomic mass is 10.1. The number of rotatable bonds is 7. The molecule has 1 saturated heterocycles. The maximum atomic E-state index is 12.8. The normalized spacial score (nSPS) is 16.7. The summed E-state index contributed by atoms with van der Waals surface area (Å²) in [7, 11) is 0. The molecule has 2 aromatic carbocycles. The first-order valence-corrected chi connectivity index (χ1v) is 9.98. The van der Waals surface area contributed by atoms with Crippen molar-refractivity contribution in [1.29, 1.82) is 0 Å². The number of hydrogen-bond donors (Lipinski definition) is 0. The van der Waals surface area contributed by atoms with Gasteiger partial charge in [-0.05, 0) is 56.2 Å². The van der Waals surface area contributed by atoms with Crippen LogP contribution in [-0.2, 0) is 11.2 Å². The minimum absolute atomic E-state index is 0.233. The molecule has 0 saturated carbocycles. The smallest absolute Gasteiger partial charge is 0.293 e. The molecule has 2 amide bonds. The van der Waals surface area contributed by atoms with Crippen LogP contribution >= 0.6 is 23.4 Å². The van der Waals surface area contributed by atoms with Crippen molar-refractivity contribution < 1.29 is 19.1 Å². The molecular weight excluding hydrogens is 386 g/mol. The molecule has 3 rings (SSSR count). The van der Waals surface area contributed by atoms with E-state index in [4.69, 9.17) is 21.1 Å². The monoisotopic (exact) mass is 405 g/mol. The molecule has 0 spiro atoms. The summed E-state index contributed by atoms with van der Waals surface area (Å²) in [5.74, 6) is 1.16. The lowest BCUT2D eigenvalue weighted by Crippen LogP contribution is -2.32. The van der Waals surface area contributed by atoms with Crippen LogP contribution in [0.15, 0.2) is 42.5 Å². The predicted octanol–water partition coefficient (Wildman–Crippen LogP) is 4.95. The van der Waals surface area contributed by atoms with Crippen molar-refractivity contribution in [1.82, 2.24) is 0 Å². The zero-order valence-corrected chi connectivity index (χ0v) is 16.7. The Morgan fingerprint density at radius 1 is 1.04 bits per heavy atom. The second kappa shape index (κ2) is 8.67. The SMILES string of the molecule is CCOc1ccc(C[C@@H]2SC(=O)N(c3ccc(Cl)cc3)C2=O)c(OCC)c1. The van der Waals surface area contributed by atoms with E-state index in [1.54, 1.807) is 24.3 Å². The molecule has 2 aromatic rings. The first-order valence-electron chi connectivity index (χ1n) is 8.72. The largest absolute Gasteiger partial charge is 0.494 e. The van der Waals surface area contributed by atoms with E-state index in [-0.39, 0.29) is 11.1 Å².